The monoisotopic (exact) mass is 177 g/mol. The summed E-state index contributed by atoms with van der Waals surface area (Å²) in [6.07, 6.45) is 0. The number of phenols is 1. The molecule has 0 aliphatic heterocycles. The largest absolute Gasteiger partial charge is 0.507 e. The van der Waals surface area contributed by atoms with Crippen molar-refractivity contribution in [1.82, 2.24) is 0 Å². The van der Waals surface area contributed by atoms with Gasteiger partial charge in [-0.1, -0.05) is 6.58 Å². The van der Waals surface area contributed by atoms with E-state index in [1.165, 1.54) is 18.2 Å². The van der Waals surface area contributed by atoms with Gasteiger partial charge in [-0.05, 0) is 19.1 Å². The van der Waals surface area contributed by atoms with Crippen LogP contribution >= 0.6 is 0 Å². The first-order valence-corrected chi connectivity index (χ1v) is 3.68. The third-order valence-corrected chi connectivity index (χ3v) is 1.32. The molecule has 0 unspecified atom stereocenters. The maximum atomic E-state index is 11.0. The Morgan fingerprint density at radius 1 is 1.69 bits per heavy atom. The lowest BCUT2D eigenvalue weighted by Crippen LogP contribution is -2.07. The molecule has 0 spiro atoms. The minimum atomic E-state index is -0.509. The maximum Gasteiger partial charge on any atom is 0.338 e. The Morgan fingerprint density at radius 3 is 2.92 bits per heavy atom. The van der Waals surface area contributed by atoms with Crippen molar-refractivity contribution in [3.8, 4) is 11.5 Å². The third kappa shape index (κ3) is 2.63. The second-order valence-electron chi connectivity index (χ2n) is 2.58. The minimum Gasteiger partial charge on any atom is -0.507 e. The van der Waals surface area contributed by atoms with Crippen LogP contribution in [0.2, 0.25) is 0 Å². The molecule has 0 heterocycles. The summed E-state index contributed by atoms with van der Waals surface area (Å²) in [5, 5.41) is 9.00. The average Bonchev–Trinajstić information content (AvgIpc) is 2.04. The quantitative estimate of drug-likeness (QED) is 0.424. The van der Waals surface area contributed by atoms with Gasteiger partial charge in [0.05, 0.1) is 0 Å². The van der Waals surface area contributed by atoms with E-state index in [0.29, 0.717) is 5.57 Å². The fraction of sp³-hybridized carbons (Fsp3) is 0.100. The smallest absolute Gasteiger partial charge is 0.338 e. The Hall–Kier alpha value is -1.77. The van der Waals surface area contributed by atoms with E-state index >= 15 is 0 Å². The fourth-order valence-corrected chi connectivity index (χ4v) is 0.691. The number of carbonyl (C=O) groups is 1. The van der Waals surface area contributed by atoms with E-state index in [-0.39, 0.29) is 11.5 Å². The molecule has 1 N–H and O–H groups in total. The first-order chi connectivity index (χ1) is 6.09. The van der Waals surface area contributed by atoms with Crippen molar-refractivity contribution in [3.63, 3.8) is 0 Å². The van der Waals surface area contributed by atoms with Crippen LogP contribution in [0.4, 0.5) is 0 Å². The van der Waals surface area contributed by atoms with Gasteiger partial charge in [-0.3, -0.25) is 0 Å². The molecule has 0 aliphatic carbocycles. The Bertz CT molecular complexity index is 342. The molecule has 0 atom stereocenters. The predicted molar refractivity (Wildman–Crippen MR) is 47.4 cm³/mol. The summed E-state index contributed by atoms with van der Waals surface area (Å²) in [6.45, 7) is 4.98. The first-order valence-electron chi connectivity index (χ1n) is 3.68. The number of rotatable bonds is 2. The molecule has 0 fully saturated rings. The third-order valence-electron chi connectivity index (χ3n) is 1.32. The first kappa shape index (κ1) is 9.32. The van der Waals surface area contributed by atoms with Crippen molar-refractivity contribution in [2.24, 2.45) is 0 Å². The molecule has 0 aliphatic rings. The lowest BCUT2D eigenvalue weighted by Gasteiger charge is -2.02. The highest BCUT2D eigenvalue weighted by molar-refractivity contribution is 5.88. The molecule has 0 saturated carbocycles. The van der Waals surface area contributed by atoms with Crippen LogP contribution in [-0.4, -0.2) is 11.1 Å². The SMILES string of the molecule is C=C(C)C(=O)Oc1cc[c]c(O)c1. The van der Waals surface area contributed by atoms with Crippen molar-refractivity contribution in [2.45, 2.75) is 6.92 Å². The lowest BCUT2D eigenvalue weighted by atomic mass is 10.3. The van der Waals surface area contributed by atoms with Crippen LogP contribution in [0.25, 0.3) is 0 Å². The van der Waals surface area contributed by atoms with E-state index in [9.17, 15) is 4.79 Å². The number of esters is 1. The highest BCUT2D eigenvalue weighted by atomic mass is 16.5. The molecular formula is C10H9O3. The van der Waals surface area contributed by atoms with Crippen LogP contribution in [-0.2, 0) is 4.79 Å². The van der Waals surface area contributed by atoms with Gasteiger partial charge in [-0.15, -0.1) is 0 Å². The maximum absolute atomic E-state index is 11.0. The van der Waals surface area contributed by atoms with Crippen LogP contribution < -0.4 is 4.74 Å². The summed E-state index contributed by atoms with van der Waals surface area (Å²) in [4.78, 5) is 11.0. The molecule has 1 aromatic rings. The van der Waals surface area contributed by atoms with Gasteiger partial charge < -0.3 is 9.84 Å². The standard InChI is InChI=1S/C10H9O3/c1-7(2)10(12)13-9-5-3-4-8(11)6-9/h3,5-6,11H,1H2,2H3. The molecule has 3 heteroatoms. The molecule has 3 nitrogen and oxygen atoms in total. The van der Waals surface area contributed by atoms with Gasteiger partial charge in [0.2, 0.25) is 0 Å². The summed E-state index contributed by atoms with van der Waals surface area (Å²) in [5.41, 5.74) is 0.312. The summed E-state index contributed by atoms with van der Waals surface area (Å²) < 4.78 is 4.84. The summed E-state index contributed by atoms with van der Waals surface area (Å²) in [7, 11) is 0. The summed E-state index contributed by atoms with van der Waals surface area (Å²) >= 11 is 0. The highest BCUT2D eigenvalue weighted by Gasteiger charge is 2.04. The number of ether oxygens (including phenoxy) is 1. The number of carbonyl (C=O) groups excluding carboxylic acids is 1. The van der Waals surface area contributed by atoms with E-state index in [4.69, 9.17) is 9.84 Å². The number of benzene rings is 1. The highest BCUT2D eigenvalue weighted by Crippen LogP contribution is 2.17. The van der Waals surface area contributed by atoms with Crippen LogP contribution in [0.1, 0.15) is 6.92 Å². The van der Waals surface area contributed by atoms with Gasteiger partial charge in [-0.2, -0.15) is 0 Å². The van der Waals surface area contributed by atoms with E-state index in [1.807, 2.05) is 0 Å². The lowest BCUT2D eigenvalue weighted by molar-refractivity contribution is -0.130. The zero-order valence-corrected chi connectivity index (χ0v) is 7.20. The van der Waals surface area contributed by atoms with Gasteiger partial charge >= 0.3 is 5.97 Å². The molecule has 13 heavy (non-hydrogen) atoms. The van der Waals surface area contributed by atoms with Crippen LogP contribution in [0.15, 0.2) is 30.4 Å². The van der Waals surface area contributed by atoms with Crippen molar-refractivity contribution in [1.29, 1.82) is 0 Å². The van der Waals surface area contributed by atoms with Crippen molar-refractivity contribution in [2.75, 3.05) is 0 Å². The topological polar surface area (TPSA) is 46.5 Å². The van der Waals surface area contributed by atoms with Gasteiger partial charge in [0.1, 0.15) is 11.5 Å². The van der Waals surface area contributed by atoms with Gasteiger partial charge in [0.15, 0.2) is 0 Å². The Balaban J connectivity index is 2.75. The molecule has 1 rings (SSSR count). The Kier molecular flexibility index (Phi) is 2.69. The zero-order valence-electron chi connectivity index (χ0n) is 7.20. The molecule has 67 valence electrons. The fourth-order valence-electron chi connectivity index (χ4n) is 0.691. The molecule has 0 bridgehead atoms. The van der Waals surface area contributed by atoms with Crippen LogP contribution in [0, 0.1) is 6.07 Å². The Labute approximate surface area is 76.3 Å². The number of aromatic hydroxyl groups is 1. The molecule has 0 saturated heterocycles. The molecular weight excluding hydrogens is 168 g/mol. The van der Waals surface area contributed by atoms with Crippen molar-refractivity contribution >= 4 is 5.97 Å². The Morgan fingerprint density at radius 2 is 2.38 bits per heavy atom. The second-order valence-corrected chi connectivity index (χ2v) is 2.58. The number of hydrogen-bond acceptors (Lipinski definition) is 3. The molecule has 0 aromatic heterocycles. The van der Waals surface area contributed by atoms with Crippen molar-refractivity contribution < 1.29 is 14.6 Å². The van der Waals surface area contributed by atoms with E-state index in [1.54, 1.807) is 6.92 Å². The van der Waals surface area contributed by atoms with E-state index in [2.05, 4.69) is 12.6 Å². The second kappa shape index (κ2) is 3.76. The van der Waals surface area contributed by atoms with Gasteiger partial charge in [0, 0.05) is 17.7 Å². The number of phenolic OH excluding ortho intramolecular Hbond substituents is 1. The zero-order chi connectivity index (χ0) is 9.84. The minimum absolute atomic E-state index is 0.0629. The van der Waals surface area contributed by atoms with E-state index in [0.717, 1.165) is 0 Å². The predicted octanol–water partition coefficient (Wildman–Crippen LogP) is 1.67. The molecule has 0 amide bonds. The van der Waals surface area contributed by atoms with Gasteiger partial charge in [0.25, 0.3) is 0 Å². The number of hydrogen-bond donors (Lipinski definition) is 1. The van der Waals surface area contributed by atoms with E-state index < -0.39 is 5.97 Å². The van der Waals surface area contributed by atoms with Crippen LogP contribution in [0.3, 0.4) is 0 Å². The van der Waals surface area contributed by atoms with Gasteiger partial charge in [-0.25, -0.2) is 4.79 Å². The summed E-state index contributed by atoms with van der Waals surface area (Å²) in [6, 6.07) is 6.82. The molecule has 1 aromatic carbocycles. The average molecular weight is 177 g/mol. The normalized spacial score (nSPS) is 9.31. The summed E-state index contributed by atoms with van der Waals surface area (Å²) in [5.74, 6) is -0.290. The van der Waals surface area contributed by atoms with Crippen LogP contribution in [0.5, 0.6) is 11.5 Å². The van der Waals surface area contributed by atoms with Crippen molar-refractivity contribution in [3.05, 3.63) is 36.4 Å². The molecule has 1 radical (unpaired) electrons.